The van der Waals surface area contributed by atoms with Crippen LogP contribution in [-0.2, 0) is 10.3 Å². The number of hydrogen-bond acceptors (Lipinski definition) is 5. The van der Waals surface area contributed by atoms with Crippen LogP contribution >= 0.6 is 15.9 Å². The molecule has 1 unspecified atom stereocenters. The molecule has 0 spiro atoms. The minimum atomic E-state index is -0.845. The van der Waals surface area contributed by atoms with E-state index in [0.29, 0.717) is 21.6 Å². The Bertz CT molecular complexity index is 1540. The average Bonchev–Trinajstić information content (AvgIpc) is 3.01. The van der Waals surface area contributed by atoms with E-state index in [2.05, 4.69) is 57.6 Å². The second-order valence-electron chi connectivity index (χ2n) is 9.46. The predicted molar refractivity (Wildman–Crippen MR) is 162 cm³/mol. The molecule has 1 N–H and O–H groups in total. The van der Waals surface area contributed by atoms with E-state index < -0.39 is 23.4 Å². The maximum Gasteiger partial charge on any atom is 0.338 e. The second kappa shape index (κ2) is 12.4. The Labute approximate surface area is 247 Å². The molecule has 5 rings (SSSR count). The molecule has 1 heterocycles. The summed E-state index contributed by atoms with van der Waals surface area (Å²) in [6, 6.07) is 36.1. The maximum absolute atomic E-state index is 14.3. The van der Waals surface area contributed by atoms with Crippen molar-refractivity contribution in [2.45, 2.75) is 18.6 Å². The minimum Gasteiger partial charge on any atom is -0.482 e. The van der Waals surface area contributed by atoms with Crippen LogP contribution in [0, 0.1) is 5.82 Å². The predicted octanol–water partition coefficient (Wildman–Crippen LogP) is 8.31. The molecule has 5 aromatic rings. The van der Waals surface area contributed by atoms with Crippen molar-refractivity contribution in [1.82, 2.24) is 4.98 Å². The van der Waals surface area contributed by atoms with Gasteiger partial charge in [0.15, 0.2) is 11.6 Å². The molecule has 0 saturated heterocycles. The lowest BCUT2D eigenvalue weighted by molar-refractivity contribution is 0.0595. The first kappa shape index (κ1) is 28.1. The van der Waals surface area contributed by atoms with E-state index in [4.69, 9.17) is 14.5 Å². The highest BCUT2D eigenvalue weighted by molar-refractivity contribution is 9.10. The molecule has 0 fully saturated rings. The molecule has 0 aliphatic carbocycles. The monoisotopic (exact) mass is 610 g/mol. The third kappa shape index (κ3) is 5.86. The summed E-state index contributed by atoms with van der Waals surface area (Å²) in [6.45, 7) is 1.75. The summed E-state index contributed by atoms with van der Waals surface area (Å²) in [4.78, 5) is 17.2. The van der Waals surface area contributed by atoms with Crippen molar-refractivity contribution in [1.29, 1.82) is 0 Å². The SMILES string of the molecule is COC(=O)c1ccc(F)cc1C(C)Oc1cc(Br)cnc1NC(c1ccccc1)(c1ccccc1)c1ccccc1. The molecule has 0 amide bonds. The van der Waals surface area contributed by atoms with Crippen LogP contribution in [0.25, 0.3) is 0 Å². The van der Waals surface area contributed by atoms with Crippen LogP contribution in [0.15, 0.2) is 126 Å². The highest BCUT2D eigenvalue weighted by Crippen LogP contribution is 2.42. The van der Waals surface area contributed by atoms with Gasteiger partial charge < -0.3 is 14.8 Å². The number of aromatic nitrogens is 1. The van der Waals surface area contributed by atoms with E-state index in [1.54, 1.807) is 19.2 Å². The van der Waals surface area contributed by atoms with E-state index in [-0.39, 0.29) is 5.56 Å². The van der Waals surface area contributed by atoms with Gasteiger partial charge in [-0.05, 0) is 63.8 Å². The molecule has 5 nitrogen and oxygen atoms in total. The van der Waals surface area contributed by atoms with Crippen molar-refractivity contribution in [2.75, 3.05) is 12.4 Å². The Morgan fingerprint density at radius 3 is 1.90 bits per heavy atom. The highest BCUT2D eigenvalue weighted by atomic mass is 79.9. The third-order valence-electron chi connectivity index (χ3n) is 6.91. The number of nitrogens with one attached hydrogen (secondary N) is 1. The lowest BCUT2D eigenvalue weighted by Crippen LogP contribution is -2.38. The number of benzene rings is 4. The number of ether oxygens (including phenoxy) is 2. The van der Waals surface area contributed by atoms with Crippen LogP contribution in [0.2, 0.25) is 0 Å². The topological polar surface area (TPSA) is 60.5 Å². The van der Waals surface area contributed by atoms with Gasteiger partial charge in [-0.15, -0.1) is 0 Å². The van der Waals surface area contributed by atoms with Gasteiger partial charge in [-0.25, -0.2) is 14.2 Å². The fourth-order valence-electron chi connectivity index (χ4n) is 4.98. The molecule has 0 aliphatic rings. The number of methoxy groups -OCH3 is 1. The smallest absolute Gasteiger partial charge is 0.338 e. The first-order chi connectivity index (χ1) is 19.9. The van der Waals surface area contributed by atoms with Gasteiger partial charge >= 0.3 is 5.97 Å². The molecular formula is C34H28BrFN2O3. The van der Waals surface area contributed by atoms with Gasteiger partial charge in [0.05, 0.1) is 12.7 Å². The largest absolute Gasteiger partial charge is 0.482 e. The third-order valence-corrected chi connectivity index (χ3v) is 7.34. The molecule has 7 heteroatoms. The fraction of sp³-hybridized carbons (Fsp3) is 0.118. The maximum atomic E-state index is 14.3. The number of anilines is 1. The summed E-state index contributed by atoms with van der Waals surface area (Å²) in [7, 11) is 1.29. The summed E-state index contributed by atoms with van der Waals surface area (Å²) in [5.74, 6) is -0.172. The summed E-state index contributed by atoms with van der Waals surface area (Å²) in [6.07, 6.45) is 0.976. The van der Waals surface area contributed by atoms with Gasteiger partial charge in [-0.2, -0.15) is 0 Å². The number of hydrogen-bond donors (Lipinski definition) is 1. The van der Waals surface area contributed by atoms with Crippen LogP contribution in [-0.4, -0.2) is 18.1 Å². The fourth-order valence-corrected chi connectivity index (χ4v) is 5.29. The van der Waals surface area contributed by atoms with Crippen molar-refractivity contribution in [3.63, 3.8) is 0 Å². The van der Waals surface area contributed by atoms with Gasteiger partial charge in [-0.1, -0.05) is 91.0 Å². The zero-order chi connectivity index (χ0) is 28.8. The summed E-state index contributed by atoms with van der Waals surface area (Å²) >= 11 is 3.51. The van der Waals surface area contributed by atoms with Crippen LogP contribution in [0.4, 0.5) is 10.2 Å². The molecule has 1 aromatic heterocycles. The van der Waals surface area contributed by atoms with Crippen molar-refractivity contribution < 1.29 is 18.7 Å². The Kier molecular flexibility index (Phi) is 8.45. The van der Waals surface area contributed by atoms with Crippen molar-refractivity contribution >= 4 is 27.7 Å². The Morgan fingerprint density at radius 1 is 0.854 bits per heavy atom. The van der Waals surface area contributed by atoms with E-state index in [9.17, 15) is 9.18 Å². The molecule has 206 valence electrons. The standard InChI is InChI=1S/C34H28BrFN2O3/c1-23(30-21-28(36)18-19-29(30)33(39)40-2)41-31-20-27(35)22-37-32(31)38-34(24-12-6-3-7-13-24,25-14-8-4-9-15-25)26-16-10-5-11-17-26/h3-23H,1-2H3,(H,37,38). The highest BCUT2D eigenvalue weighted by Gasteiger charge is 2.37. The summed E-state index contributed by atoms with van der Waals surface area (Å²) in [5, 5.41) is 3.73. The zero-order valence-electron chi connectivity index (χ0n) is 22.6. The van der Waals surface area contributed by atoms with Gasteiger partial charge in [-0.3, -0.25) is 0 Å². The van der Waals surface area contributed by atoms with Gasteiger partial charge in [0.25, 0.3) is 0 Å². The van der Waals surface area contributed by atoms with E-state index in [0.717, 1.165) is 16.7 Å². The summed E-state index contributed by atoms with van der Waals surface area (Å²) < 4.78 is 26.3. The van der Waals surface area contributed by atoms with E-state index in [1.165, 1.54) is 25.3 Å². The molecular weight excluding hydrogens is 583 g/mol. The lowest BCUT2D eigenvalue weighted by atomic mass is 9.77. The van der Waals surface area contributed by atoms with E-state index in [1.807, 2.05) is 54.6 Å². The number of carbonyl (C=O) groups is 1. The molecule has 0 saturated carbocycles. The number of halogens is 2. The van der Waals surface area contributed by atoms with E-state index >= 15 is 0 Å². The molecule has 41 heavy (non-hydrogen) atoms. The minimum absolute atomic E-state index is 0.228. The van der Waals surface area contributed by atoms with Crippen LogP contribution in [0.5, 0.6) is 5.75 Å². The quantitative estimate of drug-likeness (QED) is 0.134. The number of esters is 1. The Morgan fingerprint density at radius 2 is 1.39 bits per heavy atom. The number of nitrogens with zero attached hydrogens (tertiary/aromatic N) is 1. The second-order valence-corrected chi connectivity index (χ2v) is 10.4. The zero-order valence-corrected chi connectivity index (χ0v) is 24.1. The van der Waals surface area contributed by atoms with Crippen LogP contribution in [0.1, 0.15) is 45.6 Å². The lowest BCUT2D eigenvalue weighted by Gasteiger charge is -2.38. The van der Waals surface area contributed by atoms with Crippen LogP contribution < -0.4 is 10.1 Å². The molecule has 0 bridgehead atoms. The average molecular weight is 612 g/mol. The Hall–Kier alpha value is -4.49. The van der Waals surface area contributed by atoms with Crippen molar-refractivity contribution in [3.05, 3.63) is 160 Å². The molecule has 1 atom stereocenters. The molecule has 0 radical (unpaired) electrons. The van der Waals surface area contributed by atoms with Gasteiger partial charge in [0.1, 0.15) is 17.5 Å². The molecule has 0 aliphatic heterocycles. The number of carbonyl (C=O) groups excluding carboxylic acids is 1. The van der Waals surface area contributed by atoms with Gasteiger partial charge in [0, 0.05) is 16.2 Å². The number of rotatable bonds is 9. The first-order valence-corrected chi connectivity index (χ1v) is 13.9. The first-order valence-electron chi connectivity index (χ1n) is 13.1. The normalized spacial score (nSPS) is 11.9. The Balaban J connectivity index is 1.65. The van der Waals surface area contributed by atoms with Gasteiger partial charge in [0.2, 0.25) is 0 Å². The number of pyridine rings is 1. The van der Waals surface area contributed by atoms with Crippen LogP contribution in [0.3, 0.4) is 0 Å². The summed E-state index contributed by atoms with van der Waals surface area (Å²) in [5.41, 5.74) is 2.74. The van der Waals surface area contributed by atoms with Crippen molar-refractivity contribution in [3.8, 4) is 5.75 Å². The molecule has 4 aromatic carbocycles. The van der Waals surface area contributed by atoms with Crippen molar-refractivity contribution in [2.24, 2.45) is 0 Å².